The van der Waals surface area contributed by atoms with E-state index in [1.165, 1.54) is 6.33 Å². The summed E-state index contributed by atoms with van der Waals surface area (Å²) in [5.41, 5.74) is 6.61. The van der Waals surface area contributed by atoms with Crippen LogP contribution in [0.5, 0.6) is 0 Å². The molecule has 0 saturated heterocycles. The van der Waals surface area contributed by atoms with Crippen LogP contribution in [0.3, 0.4) is 0 Å². The zero-order valence-electron chi connectivity index (χ0n) is 12.0. The van der Waals surface area contributed by atoms with E-state index < -0.39 is 0 Å². The maximum absolute atomic E-state index is 5.81. The second-order valence-corrected chi connectivity index (χ2v) is 5.29. The van der Waals surface area contributed by atoms with E-state index >= 15 is 0 Å². The van der Waals surface area contributed by atoms with E-state index in [2.05, 4.69) is 47.7 Å². The third kappa shape index (κ3) is 2.84. The van der Waals surface area contributed by atoms with Crippen LogP contribution in [0.2, 0.25) is 0 Å². The fraction of sp³-hybridized carbons (Fsp3) is 0.615. The summed E-state index contributed by atoms with van der Waals surface area (Å²) in [5.74, 6) is 0.487. The largest absolute Gasteiger partial charge is 0.383 e. The molecule has 6 heteroatoms. The van der Waals surface area contributed by atoms with Gasteiger partial charge in [0.2, 0.25) is 0 Å². The minimum Gasteiger partial charge on any atom is -0.383 e. The fourth-order valence-electron chi connectivity index (χ4n) is 2.40. The Bertz CT molecular complexity index is 537. The van der Waals surface area contributed by atoms with Crippen molar-refractivity contribution >= 4 is 16.9 Å². The normalized spacial score (nSPS) is 12.2. The molecule has 2 heterocycles. The number of rotatable bonds is 5. The summed E-state index contributed by atoms with van der Waals surface area (Å²) in [5, 5.41) is 5.18. The van der Waals surface area contributed by atoms with E-state index in [9.17, 15) is 0 Å². The van der Waals surface area contributed by atoms with Gasteiger partial charge in [-0.05, 0) is 27.7 Å². The van der Waals surface area contributed by atoms with Gasteiger partial charge < -0.3 is 5.73 Å². The Labute approximate surface area is 113 Å². The lowest BCUT2D eigenvalue weighted by Crippen LogP contribution is -2.39. The number of hydrogen-bond donors (Lipinski definition) is 1. The second-order valence-electron chi connectivity index (χ2n) is 5.29. The predicted molar refractivity (Wildman–Crippen MR) is 76.7 cm³/mol. The molecule has 0 aromatic carbocycles. The Morgan fingerprint density at radius 1 is 1.21 bits per heavy atom. The van der Waals surface area contributed by atoms with Crippen LogP contribution >= 0.6 is 0 Å². The fourth-order valence-corrected chi connectivity index (χ4v) is 2.40. The van der Waals surface area contributed by atoms with Gasteiger partial charge in [-0.1, -0.05) is 0 Å². The van der Waals surface area contributed by atoms with Gasteiger partial charge in [0, 0.05) is 18.6 Å². The molecular formula is C13H22N6. The molecule has 0 unspecified atom stereocenters. The van der Waals surface area contributed by atoms with E-state index in [0.717, 1.165) is 24.1 Å². The van der Waals surface area contributed by atoms with Crippen LogP contribution < -0.4 is 5.73 Å². The average Bonchev–Trinajstić information content (AvgIpc) is 2.73. The summed E-state index contributed by atoms with van der Waals surface area (Å²) in [7, 11) is 0. The number of nitrogens with zero attached hydrogens (tertiary/aromatic N) is 5. The zero-order valence-corrected chi connectivity index (χ0v) is 12.0. The van der Waals surface area contributed by atoms with Crippen LogP contribution in [0.1, 0.15) is 27.7 Å². The number of aromatic nitrogens is 4. The molecule has 0 amide bonds. The molecule has 0 saturated carbocycles. The van der Waals surface area contributed by atoms with Crippen molar-refractivity contribution in [3.8, 4) is 0 Å². The molecule has 0 fully saturated rings. The highest BCUT2D eigenvalue weighted by Gasteiger charge is 2.14. The van der Waals surface area contributed by atoms with Crippen molar-refractivity contribution in [3.05, 3.63) is 12.5 Å². The standard InChI is InChI=1S/C13H22N6/c1-9(2)18(10(3)4)5-6-19-13-11(7-17-19)12(14)15-8-16-13/h7-10H,5-6H2,1-4H3,(H2,14,15,16). The second kappa shape index (κ2) is 5.52. The van der Waals surface area contributed by atoms with Crippen molar-refractivity contribution in [2.45, 2.75) is 46.3 Å². The molecule has 2 N–H and O–H groups in total. The lowest BCUT2D eigenvalue weighted by Gasteiger charge is -2.30. The SMILES string of the molecule is CC(C)N(CCn1ncc2c(N)ncnc21)C(C)C. The van der Waals surface area contributed by atoms with Gasteiger partial charge in [-0.3, -0.25) is 4.90 Å². The van der Waals surface area contributed by atoms with Gasteiger partial charge in [0.1, 0.15) is 12.1 Å². The molecule has 0 radical (unpaired) electrons. The molecular weight excluding hydrogens is 240 g/mol. The molecule has 19 heavy (non-hydrogen) atoms. The monoisotopic (exact) mass is 262 g/mol. The molecule has 104 valence electrons. The first-order chi connectivity index (χ1) is 9.00. The van der Waals surface area contributed by atoms with E-state index in [-0.39, 0.29) is 0 Å². The average molecular weight is 262 g/mol. The van der Waals surface area contributed by atoms with Crippen molar-refractivity contribution in [1.29, 1.82) is 0 Å². The lowest BCUT2D eigenvalue weighted by molar-refractivity contribution is 0.167. The smallest absolute Gasteiger partial charge is 0.163 e. The highest BCUT2D eigenvalue weighted by molar-refractivity contribution is 5.84. The van der Waals surface area contributed by atoms with Gasteiger partial charge in [-0.15, -0.1) is 0 Å². The van der Waals surface area contributed by atoms with Crippen molar-refractivity contribution < 1.29 is 0 Å². The molecule has 0 spiro atoms. The van der Waals surface area contributed by atoms with E-state index in [1.54, 1.807) is 6.20 Å². The van der Waals surface area contributed by atoms with Crippen LogP contribution in [0, 0.1) is 0 Å². The molecule has 2 aromatic heterocycles. The highest BCUT2D eigenvalue weighted by atomic mass is 15.3. The highest BCUT2D eigenvalue weighted by Crippen LogP contribution is 2.15. The summed E-state index contributed by atoms with van der Waals surface area (Å²) in [6.07, 6.45) is 3.22. The maximum Gasteiger partial charge on any atom is 0.163 e. The quantitative estimate of drug-likeness (QED) is 0.884. The Morgan fingerprint density at radius 2 is 1.89 bits per heavy atom. The van der Waals surface area contributed by atoms with Gasteiger partial charge in [-0.25, -0.2) is 14.6 Å². The van der Waals surface area contributed by atoms with Crippen molar-refractivity contribution in [1.82, 2.24) is 24.6 Å². The molecule has 0 aliphatic heterocycles. The molecule has 2 aromatic rings. The van der Waals surface area contributed by atoms with Crippen molar-refractivity contribution in [2.75, 3.05) is 12.3 Å². The number of hydrogen-bond acceptors (Lipinski definition) is 5. The third-order valence-corrected chi connectivity index (χ3v) is 3.36. The zero-order chi connectivity index (χ0) is 14.0. The summed E-state index contributed by atoms with van der Waals surface area (Å²) >= 11 is 0. The number of fused-ring (bicyclic) bond motifs is 1. The van der Waals surface area contributed by atoms with Crippen molar-refractivity contribution in [3.63, 3.8) is 0 Å². The summed E-state index contributed by atoms with van der Waals surface area (Å²) in [6.45, 7) is 10.6. The first-order valence-corrected chi connectivity index (χ1v) is 6.68. The first-order valence-electron chi connectivity index (χ1n) is 6.68. The topological polar surface area (TPSA) is 72.9 Å². The molecule has 6 nitrogen and oxygen atoms in total. The molecule has 0 atom stereocenters. The van der Waals surface area contributed by atoms with E-state index in [4.69, 9.17) is 5.73 Å². The van der Waals surface area contributed by atoms with E-state index in [1.807, 2.05) is 4.68 Å². The summed E-state index contributed by atoms with van der Waals surface area (Å²) in [6, 6.07) is 1.03. The van der Waals surface area contributed by atoms with Crippen molar-refractivity contribution in [2.24, 2.45) is 0 Å². The summed E-state index contributed by atoms with van der Waals surface area (Å²) < 4.78 is 1.89. The van der Waals surface area contributed by atoms with Crippen LogP contribution in [-0.4, -0.2) is 43.3 Å². The Morgan fingerprint density at radius 3 is 2.53 bits per heavy atom. The predicted octanol–water partition coefficient (Wildman–Crippen LogP) is 1.53. The van der Waals surface area contributed by atoms with Gasteiger partial charge in [-0.2, -0.15) is 5.10 Å². The Balaban J connectivity index is 2.16. The first kappa shape index (κ1) is 13.7. The summed E-state index contributed by atoms with van der Waals surface area (Å²) in [4.78, 5) is 10.7. The van der Waals surface area contributed by atoms with Gasteiger partial charge >= 0.3 is 0 Å². The maximum atomic E-state index is 5.81. The molecule has 0 aliphatic rings. The van der Waals surface area contributed by atoms with Crippen LogP contribution in [-0.2, 0) is 6.54 Å². The van der Waals surface area contributed by atoms with Gasteiger partial charge in [0.15, 0.2) is 5.65 Å². The number of anilines is 1. The minimum absolute atomic E-state index is 0.487. The third-order valence-electron chi connectivity index (χ3n) is 3.36. The van der Waals surface area contributed by atoms with Gasteiger partial charge in [0.25, 0.3) is 0 Å². The number of nitrogens with two attached hydrogens (primary N) is 1. The van der Waals surface area contributed by atoms with Crippen LogP contribution in [0.4, 0.5) is 5.82 Å². The molecule has 0 bridgehead atoms. The lowest BCUT2D eigenvalue weighted by atomic mass is 10.2. The van der Waals surface area contributed by atoms with Crippen LogP contribution in [0.15, 0.2) is 12.5 Å². The Kier molecular flexibility index (Phi) is 3.99. The molecule has 2 rings (SSSR count). The minimum atomic E-state index is 0.487. The molecule has 0 aliphatic carbocycles. The van der Waals surface area contributed by atoms with Gasteiger partial charge in [0.05, 0.1) is 18.1 Å². The number of nitrogen functional groups attached to an aromatic ring is 1. The van der Waals surface area contributed by atoms with Crippen LogP contribution in [0.25, 0.3) is 11.0 Å². The van der Waals surface area contributed by atoms with E-state index in [0.29, 0.717) is 17.9 Å². The Hall–Kier alpha value is -1.69.